The molecular weight excluding hydrogens is 417 g/mol. The van der Waals surface area contributed by atoms with Crippen LogP contribution in [0.2, 0.25) is 10.0 Å². The van der Waals surface area contributed by atoms with E-state index < -0.39 is 5.72 Å². The highest BCUT2D eigenvalue weighted by Gasteiger charge is 2.55. The van der Waals surface area contributed by atoms with E-state index in [2.05, 4.69) is 22.3 Å². The molecular formula is C24H27Cl2N3O. The van der Waals surface area contributed by atoms with Gasteiger partial charge < -0.3 is 10.4 Å². The topological polar surface area (TPSA) is 47.9 Å². The minimum absolute atomic E-state index is 0.188. The summed E-state index contributed by atoms with van der Waals surface area (Å²) in [4.78, 5) is 7.02. The molecule has 0 saturated carbocycles. The Bertz CT molecular complexity index is 919. The second kappa shape index (κ2) is 8.16. The van der Waals surface area contributed by atoms with E-state index in [0.717, 1.165) is 55.7 Å². The molecule has 0 radical (unpaired) electrons. The third-order valence-corrected chi connectivity index (χ3v) is 7.56. The van der Waals surface area contributed by atoms with Gasteiger partial charge in [-0.3, -0.25) is 9.89 Å². The minimum atomic E-state index is -0.905. The van der Waals surface area contributed by atoms with Crippen molar-refractivity contribution in [1.82, 2.24) is 10.2 Å². The second-order valence-corrected chi connectivity index (χ2v) is 9.53. The zero-order valence-electron chi connectivity index (χ0n) is 16.9. The zero-order valence-corrected chi connectivity index (χ0v) is 18.4. The first-order valence-corrected chi connectivity index (χ1v) is 11.6. The van der Waals surface area contributed by atoms with Crippen molar-refractivity contribution >= 4 is 29.0 Å². The lowest BCUT2D eigenvalue weighted by Gasteiger charge is -2.49. The monoisotopic (exact) mass is 443 g/mol. The van der Waals surface area contributed by atoms with Gasteiger partial charge in [-0.05, 0) is 55.4 Å². The van der Waals surface area contributed by atoms with Crippen molar-refractivity contribution in [3.05, 3.63) is 69.7 Å². The van der Waals surface area contributed by atoms with Gasteiger partial charge in [0.05, 0.1) is 11.9 Å². The number of nitrogens with one attached hydrogen (secondary N) is 1. The summed E-state index contributed by atoms with van der Waals surface area (Å²) in [5.41, 5.74) is 1.08. The quantitative estimate of drug-likeness (QED) is 0.695. The minimum Gasteiger partial charge on any atom is -0.376 e. The number of amidine groups is 1. The van der Waals surface area contributed by atoms with E-state index in [1.54, 1.807) is 0 Å². The molecule has 0 aliphatic carbocycles. The lowest BCUT2D eigenvalue weighted by molar-refractivity contribution is -0.141. The summed E-state index contributed by atoms with van der Waals surface area (Å²) in [6, 6.07) is 15.9. The Labute approximate surface area is 187 Å². The Kier molecular flexibility index (Phi) is 5.53. The number of hydrogen-bond donors (Lipinski definition) is 2. The number of nitrogens with zero attached hydrogens (tertiary/aromatic N) is 2. The summed E-state index contributed by atoms with van der Waals surface area (Å²) < 4.78 is 0. The Morgan fingerprint density at radius 3 is 2.30 bits per heavy atom. The number of fused-ring (bicyclic) bond motifs is 2. The van der Waals surface area contributed by atoms with Crippen LogP contribution in [-0.4, -0.2) is 40.7 Å². The molecule has 2 bridgehead atoms. The van der Waals surface area contributed by atoms with E-state index in [1.807, 2.05) is 36.4 Å². The molecule has 3 aliphatic rings. The zero-order chi connectivity index (χ0) is 20.7. The van der Waals surface area contributed by atoms with Gasteiger partial charge in [-0.1, -0.05) is 59.6 Å². The molecule has 0 amide bonds. The molecule has 3 heterocycles. The van der Waals surface area contributed by atoms with E-state index in [-0.39, 0.29) is 18.0 Å². The standard InChI is InChI=1S/C24H27Cl2N3O/c25-20-8-3-1-6-18(20)22(19-7-2-4-9-21(19)26)29-17-10-11-24(29,30)15-16(14-17)23-27-12-5-13-28-23/h1-4,6-9,16-17,22,30H,5,10-15H2,(H,27,28). The largest absolute Gasteiger partial charge is 0.376 e. The van der Waals surface area contributed by atoms with Crippen molar-refractivity contribution in [2.75, 3.05) is 13.1 Å². The molecule has 158 valence electrons. The smallest absolute Gasteiger partial charge is 0.120 e. The van der Waals surface area contributed by atoms with Gasteiger partial charge in [0.2, 0.25) is 0 Å². The average molecular weight is 444 g/mol. The van der Waals surface area contributed by atoms with Gasteiger partial charge in [-0.2, -0.15) is 0 Å². The molecule has 2 N–H and O–H groups in total. The summed E-state index contributed by atoms with van der Waals surface area (Å²) >= 11 is 13.3. The first-order chi connectivity index (χ1) is 14.6. The van der Waals surface area contributed by atoms with Crippen LogP contribution in [0.25, 0.3) is 0 Å². The Morgan fingerprint density at radius 1 is 1.07 bits per heavy atom. The van der Waals surface area contributed by atoms with Gasteiger partial charge in [0.25, 0.3) is 0 Å². The van der Waals surface area contributed by atoms with Crippen LogP contribution in [0, 0.1) is 5.92 Å². The normalized spacial score (nSPS) is 29.0. The Hall–Kier alpha value is -1.59. The van der Waals surface area contributed by atoms with Crippen LogP contribution in [0.15, 0.2) is 53.5 Å². The number of aliphatic hydroxyl groups is 1. The molecule has 5 rings (SSSR count). The van der Waals surface area contributed by atoms with Crippen molar-refractivity contribution in [2.24, 2.45) is 10.9 Å². The molecule has 2 aromatic rings. The molecule has 6 heteroatoms. The number of benzene rings is 2. The molecule has 2 aromatic carbocycles. The molecule has 3 aliphatic heterocycles. The first kappa shape index (κ1) is 20.3. The van der Waals surface area contributed by atoms with E-state index in [9.17, 15) is 5.11 Å². The fraction of sp³-hybridized carbons (Fsp3) is 0.458. The molecule has 30 heavy (non-hydrogen) atoms. The van der Waals surface area contributed by atoms with Crippen molar-refractivity contribution in [1.29, 1.82) is 0 Å². The SMILES string of the molecule is OC12CCC(CC(C3=NCCCN3)C1)N2C(c1ccccc1Cl)c1ccccc1Cl. The van der Waals surface area contributed by atoms with Crippen LogP contribution in [-0.2, 0) is 0 Å². The van der Waals surface area contributed by atoms with Gasteiger partial charge >= 0.3 is 0 Å². The van der Waals surface area contributed by atoms with E-state index in [0.29, 0.717) is 16.5 Å². The van der Waals surface area contributed by atoms with Crippen molar-refractivity contribution in [3.63, 3.8) is 0 Å². The van der Waals surface area contributed by atoms with Crippen molar-refractivity contribution < 1.29 is 5.11 Å². The van der Waals surface area contributed by atoms with E-state index in [1.165, 1.54) is 0 Å². The predicted octanol–water partition coefficient (Wildman–Crippen LogP) is 5.04. The van der Waals surface area contributed by atoms with Gasteiger partial charge in [0, 0.05) is 35.1 Å². The molecule has 2 saturated heterocycles. The van der Waals surface area contributed by atoms with Gasteiger partial charge in [0.1, 0.15) is 5.72 Å². The maximum Gasteiger partial charge on any atom is 0.120 e. The maximum atomic E-state index is 11.9. The first-order valence-electron chi connectivity index (χ1n) is 10.8. The Morgan fingerprint density at radius 2 is 1.73 bits per heavy atom. The van der Waals surface area contributed by atoms with Gasteiger partial charge in [-0.15, -0.1) is 0 Å². The number of halogens is 2. The average Bonchev–Trinajstić information content (AvgIpc) is 2.96. The molecule has 0 spiro atoms. The summed E-state index contributed by atoms with van der Waals surface area (Å²) in [5.74, 6) is 1.36. The van der Waals surface area contributed by atoms with Crippen LogP contribution in [0.5, 0.6) is 0 Å². The van der Waals surface area contributed by atoms with Crippen molar-refractivity contribution in [3.8, 4) is 0 Å². The number of hydrogen-bond acceptors (Lipinski definition) is 4. The van der Waals surface area contributed by atoms with E-state index >= 15 is 0 Å². The lowest BCUT2D eigenvalue weighted by atomic mass is 9.83. The number of piperidine rings is 1. The van der Waals surface area contributed by atoms with Crippen LogP contribution in [0.1, 0.15) is 49.3 Å². The van der Waals surface area contributed by atoms with Gasteiger partial charge in [-0.25, -0.2) is 0 Å². The molecule has 4 nitrogen and oxygen atoms in total. The highest BCUT2D eigenvalue weighted by Crippen LogP contribution is 2.52. The molecule has 2 fully saturated rings. The highest BCUT2D eigenvalue weighted by molar-refractivity contribution is 6.32. The predicted molar refractivity (Wildman–Crippen MR) is 122 cm³/mol. The summed E-state index contributed by atoms with van der Waals surface area (Å²) in [5, 5.41) is 16.8. The summed E-state index contributed by atoms with van der Waals surface area (Å²) in [6.45, 7) is 1.86. The van der Waals surface area contributed by atoms with Crippen LogP contribution in [0.4, 0.5) is 0 Å². The van der Waals surface area contributed by atoms with E-state index in [4.69, 9.17) is 28.2 Å². The van der Waals surface area contributed by atoms with Crippen LogP contribution >= 0.6 is 23.2 Å². The number of rotatable bonds is 4. The summed E-state index contributed by atoms with van der Waals surface area (Å²) in [6.07, 6.45) is 4.47. The van der Waals surface area contributed by atoms with Crippen LogP contribution in [0.3, 0.4) is 0 Å². The third kappa shape index (κ3) is 3.54. The summed E-state index contributed by atoms with van der Waals surface area (Å²) in [7, 11) is 0. The van der Waals surface area contributed by atoms with Crippen LogP contribution < -0.4 is 5.32 Å². The second-order valence-electron chi connectivity index (χ2n) is 8.71. The number of aliphatic imine (C=N–C) groups is 1. The fourth-order valence-corrected chi connectivity index (χ4v) is 6.07. The molecule has 3 atom stereocenters. The lowest BCUT2D eigenvalue weighted by Crippen LogP contribution is -2.56. The fourth-order valence-electron chi connectivity index (χ4n) is 5.60. The molecule has 0 aromatic heterocycles. The van der Waals surface area contributed by atoms with Crippen molar-refractivity contribution in [2.45, 2.75) is 49.9 Å². The third-order valence-electron chi connectivity index (χ3n) is 6.87. The van der Waals surface area contributed by atoms with Gasteiger partial charge in [0.15, 0.2) is 0 Å². The maximum absolute atomic E-state index is 11.9. The highest BCUT2D eigenvalue weighted by atomic mass is 35.5. The molecule has 3 unspecified atom stereocenters. The Balaban J connectivity index is 1.56.